The van der Waals surface area contributed by atoms with Gasteiger partial charge >= 0.3 is 0 Å². The maximum absolute atomic E-state index is 6.26. The van der Waals surface area contributed by atoms with E-state index in [2.05, 4.69) is 17.4 Å². The van der Waals surface area contributed by atoms with Crippen LogP contribution in [0, 0.1) is 6.92 Å². The highest BCUT2D eigenvalue weighted by molar-refractivity contribution is 6.33. The predicted octanol–water partition coefficient (Wildman–Crippen LogP) is 4.45. The predicted molar refractivity (Wildman–Crippen MR) is 80.9 cm³/mol. The SMILES string of the molecule is COCC(Nc1c(C)cccc1Cl)c1ccccc1. The highest BCUT2D eigenvalue weighted by Crippen LogP contribution is 2.29. The van der Waals surface area contributed by atoms with Gasteiger partial charge in [-0.3, -0.25) is 0 Å². The molecule has 0 amide bonds. The summed E-state index contributed by atoms with van der Waals surface area (Å²) in [5.74, 6) is 0. The Morgan fingerprint density at radius 2 is 1.84 bits per heavy atom. The third-order valence-corrected chi connectivity index (χ3v) is 3.39. The van der Waals surface area contributed by atoms with Crippen LogP contribution in [0.25, 0.3) is 0 Å². The van der Waals surface area contributed by atoms with Gasteiger partial charge in [0.1, 0.15) is 0 Å². The molecule has 100 valence electrons. The van der Waals surface area contributed by atoms with E-state index in [9.17, 15) is 0 Å². The summed E-state index contributed by atoms with van der Waals surface area (Å²) in [5.41, 5.74) is 3.28. The van der Waals surface area contributed by atoms with Gasteiger partial charge in [-0.25, -0.2) is 0 Å². The van der Waals surface area contributed by atoms with Gasteiger partial charge in [-0.15, -0.1) is 0 Å². The molecule has 0 heterocycles. The Hall–Kier alpha value is -1.51. The van der Waals surface area contributed by atoms with Crippen molar-refractivity contribution in [2.45, 2.75) is 13.0 Å². The number of para-hydroxylation sites is 1. The van der Waals surface area contributed by atoms with Crippen LogP contribution in [0.1, 0.15) is 17.2 Å². The molecule has 0 saturated carbocycles. The van der Waals surface area contributed by atoms with Gasteiger partial charge in [0.25, 0.3) is 0 Å². The Kier molecular flexibility index (Phi) is 4.83. The molecule has 2 aromatic rings. The third kappa shape index (κ3) is 3.49. The summed E-state index contributed by atoms with van der Waals surface area (Å²) in [6.45, 7) is 2.64. The molecule has 0 fully saturated rings. The van der Waals surface area contributed by atoms with Crippen molar-refractivity contribution in [2.75, 3.05) is 19.0 Å². The van der Waals surface area contributed by atoms with Gasteiger partial charge < -0.3 is 10.1 Å². The maximum atomic E-state index is 6.26. The lowest BCUT2D eigenvalue weighted by atomic mass is 10.1. The van der Waals surface area contributed by atoms with Crippen molar-refractivity contribution in [3.8, 4) is 0 Å². The molecule has 1 unspecified atom stereocenters. The van der Waals surface area contributed by atoms with E-state index in [0.29, 0.717) is 6.61 Å². The number of hydrogen-bond donors (Lipinski definition) is 1. The van der Waals surface area contributed by atoms with Gasteiger partial charge in [0.2, 0.25) is 0 Å². The van der Waals surface area contributed by atoms with Crippen molar-refractivity contribution in [3.63, 3.8) is 0 Å². The van der Waals surface area contributed by atoms with Crippen molar-refractivity contribution in [1.82, 2.24) is 0 Å². The standard InChI is InChI=1S/C16H18ClNO/c1-12-7-6-10-14(17)16(12)18-15(11-19-2)13-8-4-3-5-9-13/h3-10,15,18H,11H2,1-2H3. The minimum absolute atomic E-state index is 0.0878. The first-order chi connectivity index (χ1) is 9.22. The van der Waals surface area contributed by atoms with Gasteiger partial charge in [-0.1, -0.05) is 54.1 Å². The second-order valence-electron chi connectivity index (χ2n) is 4.49. The number of ether oxygens (including phenoxy) is 1. The zero-order valence-corrected chi connectivity index (χ0v) is 11.9. The van der Waals surface area contributed by atoms with Gasteiger partial charge in [-0.05, 0) is 24.1 Å². The minimum atomic E-state index is 0.0878. The quantitative estimate of drug-likeness (QED) is 0.870. The van der Waals surface area contributed by atoms with E-state index >= 15 is 0 Å². The highest BCUT2D eigenvalue weighted by Gasteiger charge is 2.13. The minimum Gasteiger partial charge on any atom is -0.382 e. The fourth-order valence-electron chi connectivity index (χ4n) is 2.06. The van der Waals surface area contributed by atoms with Crippen LogP contribution >= 0.6 is 11.6 Å². The lowest BCUT2D eigenvalue weighted by Gasteiger charge is -2.21. The molecule has 0 radical (unpaired) electrons. The lowest BCUT2D eigenvalue weighted by Crippen LogP contribution is -2.17. The molecule has 2 nitrogen and oxygen atoms in total. The van der Waals surface area contributed by atoms with Gasteiger partial charge in [0, 0.05) is 7.11 Å². The van der Waals surface area contributed by atoms with Crippen LogP contribution in [-0.4, -0.2) is 13.7 Å². The molecule has 0 aliphatic heterocycles. The zero-order valence-electron chi connectivity index (χ0n) is 11.2. The summed E-state index contributed by atoms with van der Waals surface area (Å²) in [6, 6.07) is 16.2. The Morgan fingerprint density at radius 1 is 1.11 bits per heavy atom. The van der Waals surface area contributed by atoms with Crippen molar-refractivity contribution < 1.29 is 4.74 Å². The van der Waals surface area contributed by atoms with E-state index in [0.717, 1.165) is 16.3 Å². The average Bonchev–Trinajstić information content (AvgIpc) is 2.43. The van der Waals surface area contributed by atoms with Crippen molar-refractivity contribution in [3.05, 3.63) is 64.7 Å². The van der Waals surface area contributed by atoms with Gasteiger partial charge in [0.05, 0.1) is 23.4 Å². The first-order valence-corrected chi connectivity index (χ1v) is 6.65. The van der Waals surface area contributed by atoms with E-state index in [1.807, 2.05) is 43.3 Å². The fraction of sp³-hybridized carbons (Fsp3) is 0.250. The molecule has 2 aromatic carbocycles. The normalized spacial score (nSPS) is 12.2. The largest absolute Gasteiger partial charge is 0.382 e. The number of hydrogen-bond acceptors (Lipinski definition) is 2. The monoisotopic (exact) mass is 275 g/mol. The second-order valence-corrected chi connectivity index (χ2v) is 4.90. The summed E-state index contributed by atoms with van der Waals surface area (Å²) in [4.78, 5) is 0. The van der Waals surface area contributed by atoms with Crippen LogP contribution in [0.4, 0.5) is 5.69 Å². The Morgan fingerprint density at radius 3 is 2.47 bits per heavy atom. The van der Waals surface area contributed by atoms with Crippen LogP contribution in [0.2, 0.25) is 5.02 Å². The molecule has 0 bridgehead atoms. The van der Waals surface area contributed by atoms with Crippen LogP contribution in [-0.2, 0) is 4.74 Å². The number of halogens is 1. The summed E-state index contributed by atoms with van der Waals surface area (Å²) < 4.78 is 5.30. The van der Waals surface area contributed by atoms with Crippen LogP contribution in [0.15, 0.2) is 48.5 Å². The molecule has 0 aromatic heterocycles. The van der Waals surface area contributed by atoms with Crippen molar-refractivity contribution >= 4 is 17.3 Å². The number of anilines is 1. The number of methoxy groups -OCH3 is 1. The number of rotatable bonds is 5. The van der Waals surface area contributed by atoms with E-state index < -0.39 is 0 Å². The topological polar surface area (TPSA) is 21.3 Å². The molecule has 1 N–H and O–H groups in total. The lowest BCUT2D eigenvalue weighted by molar-refractivity contribution is 0.186. The molecule has 3 heteroatoms. The maximum Gasteiger partial charge on any atom is 0.0748 e. The highest BCUT2D eigenvalue weighted by atomic mass is 35.5. The average molecular weight is 276 g/mol. The van der Waals surface area contributed by atoms with Crippen LogP contribution < -0.4 is 5.32 Å². The Bertz CT molecular complexity index is 507. The second kappa shape index (κ2) is 6.60. The van der Waals surface area contributed by atoms with Gasteiger partial charge in [0.15, 0.2) is 0 Å². The van der Waals surface area contributed by atoms with E-state index in [1.165, 1.54) is 5.56 Å². The number of nitrogens with one attached hydrogen (secondary N) is 1. The molecular formula is C16H18ClNO. The first-order valence-electron chi connectivity index (χ1n) is 6.28. The zero-order chi connectivity index (χ0) is 13.7. The molecule has 19 heavy (non-hydrogen) atoms. The van der Waals surface area contributed by atoms with E-state index in [-0.39, 0.29) is 6.04 Å². The Labute approximate surface area is 119 Å². The van der Waals surface area contributed by atoms with Gasteiger partial charge in [-0.2, -0.15) is 0 Å². The molecule has 0 aliphatic carbocycles. The molecule has 2 rings (SSSR count). The van der Waals surface area contributed by atoms with Crippen molar-refractivity contribution in [2.24, 2.45) is 0 Å². The fourth-order valence-corrected chi connectivity index (χ4v) is 2.34. The summed E-state index contributed by atoms with van der Waals surface area (Å²) in [5, 5.41) is 4.21. The molecular weight excluding hydrogens is 258 g/mol. The summed E-state index contributed by atoms with van der Waals surface area (Å²) in [6.07, 6.45) is 0. The van der Waals surface area contributed by atoms with Crippen LogP contribution in [0.3, 0.4) is 0 Å². The van der Waals surface area contributed by atoms with E-state index in [1.54, 1.807) is 7.11 Å². The van der Waals surface area contributed by atoms with Crippen LogP contribution in [0.5, 0.6) is 0 Å². The third-order valence-electron chi connectivity index (χ3n) is 3.08. The smallest absolute Gasteiger partial charge is 0.0748 e. The van der Waals surface area contributed by atoms with Crippen molar-refractivity contribution in [1.29, 1.82) is 0 Å². The number of aryl methyl sites for hydroxylation is 1. The molecule has 0 spiro atoms. The first kappa shape index (κ1) is 13.9. The summed E-state index contributed by atoms with van der Waals surface area (Å²) >= 11 is 6.26. The summed E-state index contributed by atoms with van der Waals surface area (Å²) in [7, 11) is 1.71. The number of benzene rings is 2. The molecule has 0 saturated heterocycles. The Balaban J connectivity index is 2.27. The molecule has 1 atom stereocenters. The molecule has 0 aliphatic rings. The van der Waals surface area contributed by atoms with E-state index in [4.69, 9.17) is 16.3 Å².